The first-order valence-electron chi connectivity index (χ1n) is 10.5. The third-order valence-corrected chi connectivity index (χ3v) is 6.34. The first-order valence-corrected chi connectivity index (χ1v) is 10.5. The van der Waals surface area contributed by atoms with Crippen molar-refractivity contribution in [1.82, 2.24) is 5.32 Å². The molecule has 1 aliphatic carbocycles. The third-order valence-electron chi connectivity index (χ3n) is 6.34. The average molecular weight is 436 g/mol. The molecule has 0 aliphatic heterocycles. The number of likely N-dealkylation sites (N-methyl/N-ethyl adjacent to an activating group) is 1. The highest BCUT2D eigenvalue weighted by Gasteiger charge is 2.55. The second-order valence-electron chi connectivity index (χ2n) is 8.23. The molecule has 1 aromatic heterocycles. The van der Waals surface area contributed by atoms with Crippen LogP contribution in [0.1, 0.15) is 11.5 Å². The van der Waals surface area contributed by atoms with Crippen LogP contribution in [0, 0.1) is 5.92 Å². The molecule has 164 valence electrons. The lowest BCUT2D eigenvalue weighted by molar-refractivity contribution is -0.660. The Bertz CT molecular complexity index is 1170. The first-order chi connectivity index (χ1) is 15.2. The molecule has 1 heterocycles. The van der Waals surface area contributed by atoms with Crippen molar-refractivity contribution in [3.8, 4) is 22.4 Å². The van der Waals surface area contributed by atoms with Gasteiger partial charge < -0.3 is 5.32 Å². The van der Waals surface area contributed by atoms with Gasteiger partial charge in [-0.15, -0.1) is 0 Å². The molecule has 3 atom stereocenters. The van der Waals surface area contributed by atoms with E-state index in [-0.39, 0.29) is 23.5 Å². The fourth-order valence-electron chi connectivity index (χ4n) is 4.54. The number of nitrogens with one attached hydrogen (secondary N) is 1. The van der Waals surface area contributed by atoms with Gasteiger partial charge in [0.25, 0.3) is 0 Å². The van der Waals surface area contributed by atoms with E-state index in [1.54, 1.807) is 7.05 Å². The van der Waals surface area contributed by atoms with Gasteiger partial charge in [-0.1, -0.05) is 61.7 Å². The SMILES string of the molecule is C=C(C(=C)C(F)(F)F)C1C(NC)C1c1ccccc1-c1cc(-c2ccccc2)cc[n+]1C. The van der Waals surface area contributed by atoms with Crippen molar-refractivity contribution in [2.24, 2.45) is 13.0 Å². The van der Waals surface area contributed by atoms with Crippen molar-refractivity contribution in [3.63, 3.8) is 0 Å². The number of nitrogens with zero attached hydrogens (tertiary/aromatic N) is 1. The zero-order chi connectivity index (χ0) is 23.0. The predicted octanol–water partition coefficient (Wildman–Crippen LogP) is 5.82. The summed E-state index contributed by atoms with van der Waals surface area (Å²) in [5.41, 5.74) is 4.42. The maximum absolute atomic E-state index is 13.3. The lowest BCUT2D eigenvalue weighted by Gasteiger charge is -2.13. The van der Waals surface area contributed by atoms with E-state index in [1.165, 1.54) is 0 Å². The van der Waals surface area contributed by atoms with Crippen LogP contribution >= 0.6 is 0 Å². The Morgan fingerprint density at radius 1 is 0.938 bits per heavy atom. The Morgan fingerprint density at radius 3 is 2.25 bits per heavy atom. The molecule has 3 aromatic rings. The van der Waals surface area contributed by atoms with Crippen molar-refractivity contribution < 1.29 is 17.7 Å². The van der Waals surface area contributed by atoms with Gasteiger partial charge in [-0.2, -0.15) is 13.2 Å². The van der Waals surface area contributed by atoms with E-state index in [2.05, 4.69) is 42.7 Å². The van der Waals surface area contributed by atoms with E-state index in [0.717, 1.165) is 27.9 Å². The van der Waals surface area contributed by atoms with Crippen LogP contribution in [0.2, 0.25) is 0 Å². The number of allylic oxidation sites excluding steroid dienone is 1. The molecule has 2 aromatic carbocycles. The largest absolute Gasteiger partial charge is 0.416 e. The molecular formula is C27H26F3N2+. The second kappa shape index (κ2) is 8.40. The quantitative estimate of drug-likeness (QED) is 0.381. The Morgan fingerprint density at radius 2 is 1.59 bits per heavy atom. The average Bonchev–Trinajstić information content (AvgIpc) is 3.53. The lowest BCUT2D eigenvalue weighted by atomic mass is 9.94. The summed E-state index contributed by atoms with van der Waals surface area (Å²) in [6, 6.07) is 22.1. The lowest BCUT2D eigenvalue weighted by Crippen LogP contribution is -2.30. The number of hydrogen-bond donors (Lipinski definition) is 1. The van der Waals surface area contributed by atoms with Gasteiger partial charge in [-0.3, -0.25) is 0 Å². The van der Waals surface area contributed by atoms with Crippen molar-refractivity contribution >= 4 is 0 Å². The Balaban J connectivity index is 1.75. The van der Waals surface area contributed by atoms with E-state index in [1.807, 2.05) is 60.3 Å². The van der Waals surface area contributed by atoms with E-state index in [9.17, 15) is 13.2 Å². The normalized spacial score (nSPS) is 20.1. The summed E-state index contributed by atoms with van der Waals surface area (Å²) in [6.45, 7) is 7.03. The summed E-state index contributed by atoms with van der Waals surface area (Å²) in [5.74, 6) is -0.457. The van der Waals surface area contributed by atoms with Crippen LogP contribution in [0.4, 0.5) is 13.2 Å². The molecule has 1 N–H and O–H groups in total. The molecule has 0 bridgehead atoms. The molecule has 0 spiro atoms. The summed E-state index contributed by atoms with van der Waals surface area (Å²) in [5, 5.41) is 3.18. The van der Waals surface area contributed by atoms with E-state index < -0.39 is 11.7 Å². The van der Waals surface area contributed by atoms with Crippen LogP contribution in [-0.2, 0) is 7.05 Å². The van der Waals surface area contributed by atoms with Gasteiger partial charge in [-0.05, 0) is 35.4 Å². The Kier molecular flexibility index (Phi) is 5.78. The fraction of sp³-hybridized carbons (Fsp3) is 0.222. The number of pyridine rings is 1. The van der Waals surface area contributed by atoms with Crippen molar-refractivity contribution in [1.29, 1.82) is 0 Å². The number of alkyl halides is 3. The zero-order valence-electron chi connectivity index (χ0n) is 18.2. The Hall–Kier alpha value is -3.18. The smallest absolute Gasteiger partial charge is 0.316 e. The van der Waals surface area contributed by atoms with Crippen LogP contribution in [0.5, 0.6) is 0 Å². The maximum Gasteiger partial charge on any atom is 0.416 e. The summed E-state index contributed by atoms with van der Waals surface area (Å²) in [4.78, 5) is 0. The summed E-state index contributed by atoms with van der Waals surface area (Å²) in [7, 11) is 3.76. The number of aromatic nitrogens is 1. The number of benzene rings is 2. The highest BCUT2D eigenvalue weighted by atomic mass is 19.4. The zero-order valence-corrected chi connectivity index (χ0v) is 18.2. The standard InChI is InChI=1S/C27H26F3N2/c1-17(18(2)27(28,29)30)24-25(26(24)31-3)22-13-9-8-12-21(22)23-16-20(14-15-32(23)4)19-10-6-5-7-11-19/h5-16,24-26,31H,1-2H2,3-4H3/q+1. The molecule has 0 radical (unpaired) electrons. The number of aryl methyl sites for hydroxylation is 1. The van der Waals surface area contributed by atoms with Crippen molar-refractivity contribution in [3.05, 3.63) is 103 Å². The molecule has 5 heteroatoms. The summed E-state index contributed by atoms with van der Waals surface area (Å²) < 4.78 is 41.8. The molecule has 1 aliphatic rings. The minimum atomic E-state index is -4.47. The molecule has 1 fully saturated rings. The highest BCUT2D eigenvalue weighted by Crippen LogP contribution is 2.56. The molecule has 32 heavy (non-hydrogen) atoms. The van der Waals surface area contributed by atoms with Crippen LogP contribution in [0.25, 0.3) is 22.4 Å². The van der Waals surface area contributed by atoms with Crippen LogP contribution in [0.3, 0.4) is 0 Å². The van der Waals surface area contributed by atoms with E-state index in [4.69, 9.17) is 0 Å². The van der Waals surface area contributed by atoms with E-state index >= 15 is 0 Å². The van der Waals surface area contributed by atoms with Gasteiger partial charge in [0, 0.05) is 35.6 Å². The van der Waals surface area contributed by atoms with Crippen LogP contribution in [-0.4, -0.2) is 19.3 Å². The molecule has 2 nitrogen and oxygen atoms in total. The summed E-state index contributed by atoms with van der Waals surface area (Å²) >= 11 is 0. The molecule has 4 rings (SSSR count). The minimum Gasteiger partial charge on any atom is -0.316 e. The molecule has 0 saturated heterocycles. The van der Waals surface area contributed by atoms with Gasteiger partial charge in [0.05, 0.1) is 5.57 Å². The third kappa shape index (κ3) is 4.00. The molecule has 1 saturated carbocycles. The van der Waals surface area contributed by atoms with Gasteiger partial charge in [0.2, 0.25) is 5.69 Å². The maximum atomic E-state index is 13.3. The van der Waals surface area contributed by atoms with E-state index in [0.29, 0.717) is 0 Å². The van der Waals surface area contributed by atoms with Gasteiger partial charge in [-0.25, -0.2) is 4.57 Å². The number of halogens is 3. The van der Waals surface area contributed by atoms with Crippen LogP contribution < -0.4 is 9.88 Å². The molecular weight excluding hydrogens is 409 g/mol. The fourth-order valence-corrected chi connectivity index (χ4v) is 4.54. The topological polar surface area (TPSA) is 15.9 Å². The summed E-state index contributed by atoms with van der Waals surface area (Å²) in [6.07, 6.45) is -2.46. The van der Waals surface area contributed by atoms with Crippen molar-refractivity contribution in [2.75, 3.05) is 7.05 Å². The van der Waals surface area contributed by atoms with Gasteiger partial charge in [0.15, 0.2) is 6.20 Å². The van der Waals surface area contributed by atoms with Crippen molar-refractivity contribution in [2.45, 2.75) is 18.1 Å². The first kappa shape index (κ1) is 22.0. The monoisotopic (exact) mass is 435 g/mol. The van der Waals surface area contributed by atoms with Gasteiger partial charge >= 0.3 is 6.18 Å². The Labute approximate surface area is 186 Å². The van der Waals surface area contributed by atoms with Gasteiger partial charge in [0.1, 0.15) is 7.05 Å². The molecule has 3 unspecified atom stereocenters. The minimum absolute atomic E-state index is 0.0547. The number of rotatable bonds is 6. The molecule has 0 amide bonds. The predicted molar refractivity (Wildman–Crippen MR) is 122 cm³/mol. The number of hydrogen-bond acceptors (Lipinski definition) is 1. The van der Waals surface area contributed by atoms with Crippen LogP contribution in [0.15, 0.2) is 97.2 Å². The highest BCUT2D eigenvalue weighted by molar-refractivity contribution is 5.71. The second-order valence-corrected chi connectivity index (χ2v) is 8.23.